The number of rotatable bonds is 2. The fraction of sp³-hybridized carbons (Fsp3) is 0.143. The second kappa shape index (κ2) is 5.39. The molecule has 0 saturated carbocycles. The van der Waals surface area contributed by atoms with Crippen molar-refractivity contribution in [3.05, 3.63) is 68.4 Å². The first-order valence-corrected chi connectivity index (χ1v) is 6.62. The Morgan fingerprint density at radius 1 is 1.17 bits per heavy atom. The van der Waals surface area contributed by atoms with Gasteiger partial charge in [-0.15, -0.1) is 0 Å². The Hall–Kier alpha value is -0.900. The van der Waals surface area contributed by atoms with Gasteiger partial charge in [0.25, 0.3) is 0 Å². The van der Waals surface area contributed by atoms with E-state index >= 15 is 0 Å². The van der Waals surface area contributed by atoms with E-state index in [2.05, 4.69) is 15.9 Å². The zero-order valence-electron chi connectivity index (χ0n) is 9.75. The molecule has 0 bridgehead atoms. The lowest BCUT2D eigenvalue weighted by Crippen LogP contribution is -2.14. The summed E-state index contributed by atoms with van der Waals surface area (Å²) in [4.78, 5) is 0. The Bertz CT molecular complexity index is 586. The number of hydrogen-bond acceptors (Lipinski definition) is 1. The highest BCUT2D eigenvalue weighted by Gasteiger charge is 2.15. The summed E-state index contributed by atoms with van der Waals surface area (Å²) in [6.45, 7) is 1.92. The zero-order chi connectivity index (χ0) is 13.3. The monoisotopic (exact) mass is 327 g/mol. The summed E-state index contributed by atoms with van der Waals surface area (Å²) in [5.74, 6) is -0.281. The van der Waals surface area contributed by atoms with Crippen molar-refractivity contribution in [2.75, 3.05) is 0 Å². The third-order valence-electron chi connectivity index (χ3n) is 2.87. The molecule has 1 atom stereocenters. The van der Waals surface area contributed by atoms with E-state index in [4.69, 9.17) is 17.3 Å². The molecule has 0 aliphatic rings. The SMILES string of the molecule is Cc1ccc(F)cc1C(N)c1ccc(Cl)cc1Br. The molecule has 0 spiro atoms. The Morgan fingerprint density at radius 3 is 2.56 bits per heavy atom. The fourth-order valence-electron chi connectivity index (χ4n) is 1.87. The average Bonchev–Trinajstić information content (AvgIpc) is 2.31. The van der Waals surface area contributed by atoms with Crippen LogP contribution in [-0.4, -0.2) is 0 Å². The van der Waals surface area contributed by atoms with Crippen LogP contribution >= 0.6 is 27.5 Å². The van der Waals surface area contributed by atoms with Crippen molar-refractivity contribution >= 4 is 27.5 Å². The summed E-state index contributed by atoms with van der Waals surface area (Å²) < 4.78 is 14.1. The molecule has 1 nitrogen and oxygen atoms in total. The number of nitrogens with two attached hydrogens (primary N) is 1. The second-order valence-corrected chi connectivity index (χ2v) is 5.44. The first-order chi connectivity index (χ1) is 8.49. The van der Waals surface area contributed by atoms with Crippen molar-refractivity contribution in [1.29, 1.82) is 0 Å². The first kappa shape index (κ1) is 13.5. The van der Waals surface area contributed by atoms with Crippen LogP contribution in [0.25, 0.3) is 0 Å². The van der Waals surface area contributed by atoms with Crippen molar-refractivity contribution in [3.8, 4) is 0 Å². The molecule has 0 fully saturated rings. The summed E-state index contributed by atoms with van der Waals surface area (Å²) in [5, 5.41) is 0.633. The van der Waals surface area contributed by atoms with Crippen LogP contribution in [0.1, 0.15) is 22.7 Å². The Labute approximate surface area is 119 Å². The molecule has 2 aromatic carbocycles. The fourth-order valence-corrected chi connectivity index (χ4v) is 2.80. The van der Waals surface area contributed by atoms with Crippen molar-refractivity contribution in [3.63, 3.8) is 0 Å². The lowest BCUT2D eigenvalue weighted by atomic mass is 9.96. The van der Waals surface area contributed by atoms with Crippen LogP contribution in [0.5, 0.6) is 0 Å². The van der Waals surface area contributed by atoms with Crippen molar-refractivity contribution in [2.45, 2.75) is 13.0 Å². The van der Waals surface area contributed by atoms with Gasteiger partial charge in [-0.2, -0.15) is 0 Å². The van der Waals surface area contributed by atoms with Crippen LogP contribution in [0.3, 0.4) is 0 Å². The normalized spacial score (nSPS) is 12.5. The molecule has 4 heteroatoms. The van der Waals surface area contributed by atoms with Crippen LogP contribution in [0.15, 0.2) is 40.9 Å². The highest BCUT2D eigenvalue weighted by atomic mass is 79.9. The highest BCUT2D eigenvalue weighted by molar-refractivity contribution is 9.10. The van der Waals surface area contributed by atoms with E-state index in [1.807, 2.05) is 13.0 Å². The molecule has 0 aromatic heterocycles. The van der Waals surface area contributed by atoms with Crippen LogP contribution in [0.4, 0.5) is 4.39 Å². The van der Waals surface area contributed by atoms with Crippen LogP contribution in [0, 0.1) is 12.7 Å². The Balaban J connectivity index is 2.47. The quantitative estimate of drug-likeness (QED) is 0.856. The van der Waals surface area contributed by atoms with Gasteiger partial charge in [-0.25, -0.2) is 4.39 Å². The largest absolute Gasteiger partial charge is 0.320 e. The molecule has 0 saturated heterocycles. The highest BCUT2D eigenvalue weighted by Crippen LogP contribution is 2.30. The van der Waals surface area contributed by atoms with Gasteiger partial charge in [0.1, 0.15) is 5.82 Å². The molecular formula is C14H12BrClFN. The van der Waals surface area contributed by atoms with Gasteiger partial charge >= 0.3 is 0 Å². The van der Waals surface area contributed by atoms with Gasteiger partial charge in [0.05, 0.1) is 6.04 Å². The molecule has 94 valence electrons. The van der Waals surface area contributed by atoms with Crippen molar-refractivity contribution in [2.24, 2.45) is 5.73 Å². The molecule has 0 aliphatic heterocycles. The minimum atomic E-state index is -0.382. The minimum Gasteiger partial charge on any atom is -0.320 e. The Morgan fingerprint density at radius 2 is 1.89 bits per heavy atom. The Kier molecular flexibility index (Phi) is 4.05. The molecule has 1 unspecified atom stereocenters. The molecule has 0 aliphatic carbocycles. The van der Waals surface area contributed by atoms with Gasteiger partial charge in [-0.3, -0.25) is 0 Å². The average molecular weight is 329 g/mol. The molecule has 2 rings (SSSR count). The predicted octanol–water partition coefficient (Wildman–Crippen LogP) is 4.60. The van der Waals surface area contributed by atoms with Gasteiger partial charge in [0.15, 0.2) is 0 Å². The third-order valence-corrected chi connectivity index (χ3v) is 3.80. The maximum atomic E-state index is 13.3. The van der Waals surface area contributed by atoms with E-state index in [0.717, 1.165) is 21.2 Å². The smallest absolute Gasteiger partial charge is 0.123 e. The summed E-state index contributed by atoms with van der Waals surface area (Å²) in [6, 6.07) is 9.66. The van der Waals surface area contributed by atoms with Gasteiger partial charge in [0.2, 0.25) is 0 Å². The number of benzene rings is 2. The predicted molar refractivity (Wildman–Crippen MR) is 76.3 cm³/mol. The maximum Gasteiger partial charge on any atom is 0.123 e. The zero-order valence-corrected chi connectivity index (χ0v) is 12.1. The van der Waals surface area contributed by atoms with Gasteiger partial charge in [-0.1, -0.05) is 39.7 Å². The summed E-state index contributed by atoms with van der Waals surface area (Å²) >= 11 is 9.32. The molecular weight excluding hydrogens is 317 g/mol. The van der Waals surface area contributed by atoms with Crippen LogP contribution in [-0.2, 0) is 0 Å². The van der Waals surface area contributed by atoms with Gasteiger partial charge in [-0.05, 0) is 47.9 Å². The molecule has 2 N–H and O–H groups in total. The lowest BCUT2D eigenvalue weighted by Gasteiger charge is -2.17. The molecule has 0 amide bonds. The summed E-state index contributed by atoms with van der Waals surface area (Å²) in [7, 11) is 0. The second-order valence-electron chi connectivity index (χ2n) is 4.14. The molecule has 0 radical (unpaired) electrons. The molecule has 2 aromatic rings. The number of halogens is 3. The van der Waals surface area contributed by atoms with E-state index in [-0.39, 0.29) is 11.9 Å². The van der Waals surface area contributed by atoms with E-state index in [1.165, 1.54) is 12.1 Å². The third kappa shape index (κ3) is 2.74. The number of hydrogen-bond donors (Lipinski definition) is 1. The van der Waals surface area contributed by atoms with E-state index < -0.39 is 0 Å². The summed E-state index contributed by atoms with van der Waals surface area (Å²) in [6.07, 6.45) is 0. The molecule has 18 heavy (non-hydrogen) atoms. The van der Waals surface area contributed by atoms with E-state index in [9.17, 15) is 4.39 Å². The van der Waals surface area contributed by atoms with E-state index in [0.29, 0.717) is 5.02 Å². The number of aryl methyl sites for hydroxylation is 1. The summed E-state index contributed by atoms with van der Waals surface area (Å²) in [5.41, 5.74) is 8.82. The standard InChI is InChI=1S/C14H12BrClFN/c1-8-2-4-10(17)7-12(8)14(18)11-5-3-9(16)6-13(11)15/h2-7,14H,18H2,1H3. The maximum absolute atomic E-state index is 13.3. The minimum absolute atomic E-state index is 0.281. The molecule has 0 heterocycles. The van der Waals surface area contributed by atoms with E-state index in [1.54, 1.807) is 18.2 Å². The van der Waals surface area contributed by atoms with Crippen LogP contribution in [0.2, 0.25) is 5.02 Å². The first-order valence-electron chi connectivity index (χ1n) is 5.45. The van der Waals surface area contributed by atoms with Crippen molar-refractivity contribution in [1.82, 2.24) is 0 Å². The van der Waals surface area contributed by atoms with Gasteiger partial charge in [0, 0.05) is 9.50 Å². The topological polar surface area (TPSA) is 26.0 Å². The lowest BCUT2D eigenvalue weighted by molar-refractivity contribution is 0.622. The van der Waals surface area contributed by atoms with Crippen molar-refractivity contribution < 1.29 is 4.39 Å². The van der Waals surface area contributed by atoms with Gasteiger partial charge < -0.3 is 5.73 Å². The van der Waals surface area contributed by atoms with Crippen LogP contribution < -0.4 is 5.73 Å².